The van der Waals surface area contributed by atoms with Gasteiger partial charge in [0.15, 0.2) is 11.6 Å². The maximum Gasteiger partial charge on any atom is 0.203 e. The molecule has 0 saturated carbocycles. The van der Waals surface area contributed by atoms with Crippen LogP contribution in [0, 0.1) is 0 Å². The molecule has 0 aliphatic rings. The summed E-state index contributed by atoms with van der Waals surface area (Å²) < 4.78 is 8.73. The van der Waals surface area contributed by atoms with Gasteiger partial charge in [-0.2, -0.15) is 10.2 Å². The smallest absolute Gasteiger partial charge is 0.203 e. The first-order chi connectivity index (χ1) is 14.0. The van der Waals surface area contributed by atoms with E-state index in [1.807, 2.05) is 46.2 Å². The summed E-state index contributed by atoms with van der Waals surface area (Å²) >= 11 is 0. The fourth-order valence-corrected chi connectivity index (χ4v) is 2.80. The zero-order valence-electron chi connectivity index (χ0n) is 17.0. The first-order valence-corrected chi connectivity index (χ1v) is 9.36. The van der Waals surface area contributed by atoms with E-state index >= 15 is 0 Å². The van der Waals surface area contributed by atoms with Gasteiger partial charge >= 0.3 is 0 Å². The van der Waals surface area contributed by atoms with Crippen molar-refractivity contribution in [2.24, 2.45) is 7.05 Å². The molecule has 0 unspecified atom stereocenters. The van der Waals surface area contributed by atoms with Crippen LogP contribution < -0.4 is 10.2 Å². The Bertz CT molecular complexity index is 1090. The van der Waals surface area contributed by atoms with Gasteiger partial charge in [-0.3, -0.25) is 9.48 Å². The molecule has 0 saturated heterocycles. The van der Waals surface area contributed by atoms with Crippen LogP contribution in [-0.2, 0) is 13.5 Å². The van der Waals surface area contributed by atoms with Gasteiger partial charge in [0.05, 0.1) is 31.4 Å². The average Bonchev–Trinajstić information content (AvgIpc) is 3.15. The predicted molar refractivity (Wildman–Crippen MR) is 111 cm³/mol. The van der Waals surface area contributed by atoms with Crippen molar-refractivity contribution < 1.29 is 4.74 Å². The van der Waals surface area contributed by atoms with E-state index < -0.39 is 0 Å². The average molecular weight is 392 g/mol. The molecule has 3 aromatic rings. The highest BCUT2D eigenvalue weighted by atomic mass is 16.5. The van der Waals surface area contributed by atoms with E-state index in [0.29, 0.717) is 30.3 Å². The number of rotatable bonds is 7. The molecular formula is C21H24N6O2. The number of hydrogen-bond acceptors (Lipinski definition) is 6. The summed E-state index contributed by atoms with van der Waals surface area (Å²) in [6, 6.07) is 1.52. The Morgan fingerprint density at radius 3 is 2.62 bits per heavy atom. The zero-order valence-corrected chi connectivity index (χ0v) is 17.0. The van der Waals surface area contributed by atoms with Crippen LogP contribution in [0.1, 0.15) is 32.3 Å². The number of aromatic nitrogens is 6. The number of allylic oxidation sites excluding steroid dienone is 4. The lowest BCUT2D eigenvalue weighted by Gasteiger charge is -2.07. The first kappa shape index (κ1) is 20.2. The Hall–Kier alpha value is -3.55. The molecule has 0 aliphatic carbocycles. The molecule has 150 valence electrons. The van der Waals surface area contributed by atoms with Gasteiger partial charge in [0.1, 0.15) is 11.4 Å². The van der Waals surface area contributed by atoms with E-state index in [-0.39, 0.29) is 5.43 Å². The van der Waals surface area contributed by atoms with Gasteiger partial charge in [-0.15, -0.1) is 0 Å². The minimum absolute atomic E-state index is 0.0998. The molecule has 0 amide bonds. The van der Waals surface area contributed by atoms with Gasteiger partial charge in [-0.05, 0) is 20.8 Å². The van der Waals surface area contributed by atoms with Gasteiger partial charge in [0.25, 0.3) is 0 Å². The highest BCUT2D eigenvalue weighted by molar-refractivity contribution is 5.70. The summed E-state index contributed by atoms with van der Waals surface area (Å²) in [5.74, 6) is 1.24. The minimum atomic E-state index is -0.0998. The molecule has 0 fully saturated rings. The maximum atomic E-state index is 12.3. The molecule has 0 aliphatic heterocycles. The molecule has 0 aromatic carbocycles. The zero-order chi connectivity index (χ0) is 20.8. The molecule has 0 atom stereocenters. The largest absolute Gasteiger partial charge is 0.491 e. The summed E-state index contributed by atoms with van der Waals surface area (Å²) in [5.41, 5.74) is 3.01. The van der Waals surface area contributed by atoms with Crippen molar-refractivity contribution in [3.63, 3.8) is 0 Å². The van der Waals surface area contributed by atoms with Crippen LogP contribution >= 0.6 is 0 Å². The Morgan fingerprint density at radius 2 is 2.00 bits per heavy atom. The number of aryl methyl sites for hydroxylation is 1. The highest BCUT2D eigenvalue weighted by Crippen LogP contribution is 2.17. The van der Waals surface area contributed by atoms with Crippen LogP contribution in [0.2, 0.25) is 0 Å². The molecule has 29 heavy (non-hydrogen) atoms. The predicted octanol–water partition coefficient (Wildman–Crippen LogP) is 2.75. The Morgan fingerprint density at radius 1 is 1.24 bits per heavy atom. The SMILES string of the molecule is CC=C(C=C(C)Cc1nn(-c2cnn(C)c2)ccc1=O)c1ncc(OCC)cn1. The van der Waals surface area contributed by atoms with Crippen LogP contribution in [0.5, 0.6) is 5.75 Å². The molecule has 3 aromatic heterocycles. The number of hydrogen-bond donors (Lipinski definition) is 0. The summed E-state index contributed by atoms with van der Waals surface area (Å²) in [4.78, 5) is 21.0. The van der Waals surface area contributed by atoms with Crippen LogP contribution in [0.25, 0.3) is 11.3 Å². The van der Waals surface area contributed by atoms with E-state index in [2.05, 4.69) is 20.2 Å². The summed E-state index contributed by atoms with van der Waals surface area (Å²) in [7, 11) is 1.83. The molecule has 8 heteroatoms. The Balaban J connectivity index is 1.82. The lowest BCUT2D eigenvalue weighted by atomic mass is 10.1. The summed E-state index contributed by atoms with van der Waals surface area (Å²) in [5, 5.41) is 8.62. The van der Waals surface area contributed by atoms with Crippen LogP contribution in [-0.4, -0.2) is 36.1 Å². The van der Waals surface area contributed by atoms with Gasteiger partial charge in [-0.25, -0.2) is 14.6 Å². The van der Waals surface area contributed by atoms with E-state index in [1.54, 1.807) is 34.2 Å². The van der Waals surface area contributed by atoms with Crippen LogP contribution in [0.15, 0.2) is 59.6 Å². The number of nitrogens with zero attached hydrogens (tertiary/aromatic N) is 6. The topological polar surface area (TPSA) is 87.7 Å². The van der Waals surface area contributed by atoms with Gasteiger partial charge < -0.3 is 4.74 Å². The van der Waals surface area contributed by atoms with Gasteiger partial charge in [0, 0.05) is 31.3 Å². The second-order valence-electron chi connectivity index (χ2n) is 6.53. The second-order valence-corrected chi connectivity index (χ2v) is 6.53. The fourth-order valence-electron chi connectivity index (χ4n) is 2.80. The minimum Gasteiger partial charge on any atom is -0.491 e. The molecule has 3 heterocycles. The Kier molecular flexibility index (Phi) is 6.33. The van der Waals surface area contributed by atoms with Crippen molar-refractivity contribution >= 4 is 5.57 Å². The fraction of sp³-hybridized carbons (Fsp3) is 0.286. The summed E-state index contributed by atoms with van der Waals surface area (Å²) in [6.45, 7) is 6.37. The third-order valence-electron chi connectivity index (χ3n) is 4.19. The molecule has 0 radical (unpaired) electrons. The molecule has 3 rings (SSSR count). The monoisotopic (exact) mass is 392 g/mol. The standard InChI is InChI=1S/C21H24N6O2/c1-5-16(21-22-12-18(13-23-21)29-6-2)9-15(3)10-19-20(28)7-8-27(25-19)17-11-24-26(4)14-17/h5,7-9,11-14H,6,10H2,1-4H3. The van der Waals surface area contributed by atoms with E-state index in [4.69, 9.17) is 4.74 Å². The van der Waals surface area contributed by atoms with Crippen molar-refractivity contribution in [3.05, 3.63) is 76.5 Å². The maximum absolute atomic E-state index is 12.3. The molecule has 0 N–H and O–H groups in total. The quantitative estimate of drug-likeness (QED) is 0.575. The van der Waals surface area contributed by atoms with Crippen molar-refractivity contribution in [1.29, 1.82) is 0 Å². The molecule has 0 bridgehead atoms. The normalized spacial score (nSPS) is 12.3. The van der Waals surface area contributed by atoms with Crippen molar-refractivity contribution in [2.75, 3.05) is 6.61 Å². The molecule has 0 spiro atoms. The third kappa shape index (κ3) is 5.04. The van der Waals surface area contributed by atoms with Crippen molar-refractivity contribution in [1.82, 2.24) is 29.5 Å². The molecule has 8 nitrogen and oxygen atoms in total. The summed E-state index contributed by atoms with van der Waals surface area (Å²) in [6.07, 6.45) is 12.8. The van der Waals surface area contributed by atoms with Gasteiger partial charge in [-0.1, -0.05) is 17.7 Å². The Labute approximate surface area is 169 Å². The van der Waals surface area contributed by atoms with Crippen LogP contribution in [0.3, 0.4) is 0 Å². The highest BCUT2D eigenvalue weighted by Gasteiger charge is 2.08. The first-order valence-electron chi connectivity index (χ1n) is 9.36. The number of ether oxygens (including phenoxy) is 1. The molecular weight excluding hydrogens is 368 g/mol. The van der Waals surface area contributed by atoms with E-state index in [1.165, 1.54) is 6.07 Å². The van der Waals surface area contributed by atoms with E-state index in [9.17, 15) is 4.79 Å². The lowest BCUT2D eigenvalue weighted by molar-refractivity contribution is 0.337. The van der Waals surface area contributed by atoms with Crippen LogP contribution in [0.4, 0.5) is 0 Å². The van der Waals surface area contributed by atoms with Crippen molar-refractivity contribution in [3.8, 4) is 11.4 Å². The lowest BCUT2D eigenvalue weighted by Crippen LogP contribution is -2.16. The third-order valence-corrected chi connectivity index (χ3v) is 4.19. The van der Waals surface area contributed by atoms with E-state index in [0.717, 1.165) is 16.8 Å². The van der Waals surface area contributed by atoms with Gasteiger partial charge in [0.2, 0.25) is 5.43 Å². The second kappa shape index (κ2) is 9.09. The van der Waals surface area contributed by atoms with Crippen molar-refractivity contribution in [2.45, 2.75) is 27.2 Å².